The van der Waals surface area contributed by atoms with Crippen LogP contribution in [-0.2, 0) is 20.5 Å². The molecule has 0 heterocycles. The van der Waals surface area contributed by atoms with Gasteiger partial charge in [-0.25, -0.2) is 4.79 Å². The maximum absolute atomic E-state index is 12.7. The first-order valence-corrected chi connectivity index (χ1v) is 8.05. The number of alkyl halides is 3. The van der Waals surface area contributed by atoms with Gasteiger partial charge in [0.15, 0.2) is 6.61 Å². The molecule has 0 spiro atoms. The molecule has 0 aliphatic rings. The number of para-hydroxylation sites is 1. The van der Waals surface area contributed by atoms with Gasteiger partial charge >= 0.3 is 12.1 Å². The molecule has 2 aromatic carbocycles. The first-order valence-electron chi connectivity index (χ1n) is 8.05. The van der Waals surface area contributed by atoms with E-state index in [0.717, 1.165) is 29.3 Å². The number of halogens is 3. The number of esters is 1. The number of nitrogens with one attached hydrogen (secondary N) is 1. The van der Waals surface area contributed by atoms with Crippen molar-refractivity contribution in [3.63, 3.8) is 0 Å². The van der Waals surface area contributed by atoms with Gasteiger partial charge in [0.2, 0.25) is 0 Å². The molecule has 2 rings (SSSR count). The average molecular weight is 377 g/mol. The Kier molecular flexibility index (Phi) is 6.39. The van der Waals surface area contributed by atoms with Crippen LogP contribution < -0.4 is 5.32 Å². The Bertz CT molecular complexity index is 853. The number of amides is 1. The number of hydrogen-bond acceptors (Lipinski definition) is 3. The van der Waals surface area contributed by atoms with Gasteiger partial charge in [0.25, 0.3) is 5.91 Å². The minimum absolute atomic E-state index is 0.196. The second-order valence-electron chi connectivity index (χ2n) is 5.88. The number of aryl methyl sites for hydroxylation is 2. The van der Waals surface area contributed by atoms with Crippen LogP contribution in [0.25, 0.3) is 6.08 Å². The zero-order valence-corrected chi connectivity index (χ0v) is 14.8. The molecule has 0 fully saturated rings. The van der Waals surface area contributed by atoms with Gasteiger partial charge < -0.3 is 10.1 Å². The molecule has 0 unspecified atom stereocenters. The molecule has 0 aromatic heterocycles. The number of hydrogen-bond donors (Lipinski definition) is 1. The maximum Gasteiger partial charge on any atom is 0.416 e. The van der Waals surface area contributed by atoms with Crippen LogP contribution in [0.2, 0.25) is 0 Å². The SMILES string of the molecule is Cc1cccc(C)c1NC(=O)COC(=O)/C=C/c1cccc(C(F)(F)F)c1. The smallest absolute Gasteiger partial charge is 0.416 e. The lowest BCUT2D eigenvalue weighted by Crippen LogP contribution is -2.21. The summed E-state index contributed by atoms with van der Waals surface area (Å²) < 4.78 is 42.8. The highest BCUT2D eigenvalue weighted by Gasteiger charge is 2.30. The van der Waals surface area contributed by atoms with Gasteiger partial charge in [0.05, 0.1) is 5.56 Å². The number of benzene rings is 2. The molecule has 0 bridgehead atoms. The van der Waals surface area contributed by atoms with Crippen molar-refractivity contribution in [3.05, 3.63) is 70.8 Å². The van der Waals surface area contributed by atoms with Crippen LogP contribution in [0.4, 0.5) is 18.9 Å². The van der Waals surface area contributed by atoms with Gasteiger partial charge in [-0.2, -0.15) is 13.2 Å². The van der Waals surface area contributed by atoms with Gasteiger partial charge in [-0.1, -0.05) is 30.3 Å². The Hall–Kier alpha value is -3.09. The van der Waals surface area contributed by atoms with Gasteiger partial charge in [-0.3, -0.25) is 4.79 Å². The van der Waals surface area contributed by atoms with E-state index >= 15 is 0 Å². The summed E-state index contributed by atoms with van der Waals surface area (Å²) in [6.07, 6.45) is -2.29. The standard InChI is InChI=1S/C20H18F3NO3/c1-13-5-3-6-14(2)19(13)24-17(25)12-27-18(26)10-9-15-7-4-8-16(11-15)20(21,22)23/h3-11H,12H2,1-2H3,(H,24,25)/b10-9+. The quantitative estimate of drug-likeness (QED) is 0.616. The van der Waals surface area contributed by atoms with E-state index in [-0.39, 0.29) is 5.56 Å². The van der Waals surface area contributed by atoms with Crippen molar-refractivity contribution in [3.8, 4) is 0 Å². The molecule has 0 radical (unpaired) electrons. The summed E-state index contributed by atoms with van der Waals surface area (Å²) in [5.74, 6) is -1.34. The lowest BCUT2D eigenvalue weighted by atomic mass is 10.1. The van der Waals surface area contributed by atoms with Crippen LogP contribution in [0.15, 0.2) is 48.5 Å². The van der Waals surface area contributed by atoms with Crippen molar-refractivity contribution in [1.82, 2.24) is 0 Å². The third kappa shape index (κ3) is 5.99. The Morgan fingerprint density at radius 1 is 1.07 bits per heavy atom. The molecule has 0 aliphatic carbocycles. The molecule has 0 saturated heterocycles. The van der Waals surface area contributed by atoms with E-state index in [1.165, 1.54) is 18.2 Å². The zero-order chi connectivity index (χ0) is 20.0. The highest BCUT2D eigenvalue weighted by atomic mass is 19.4. The van der Waals surface area contributed by atoms with Crippen LogP contribution in [0.3, 0.4) is 0 Å². The molecule has 142 valence electrons. The van der Waals surface area contributed by atoms with Crippen LogP contribution in [-0.4, -0.2) is 18.5 Å². The molecule has 0 saturated carbocycles. The fourth-order valence-electron chi connectivity index (χ4n) is 2.35. The van der Waals surface area contributed by atoms with Gasteiger partial charge in [-0.05, 0) is 48.7 Å². The zero-order valence-electron chi connectivity index (χ0n) is 14.8. The topological polar surface area (TPSA) is 55.4 Å². The second-order valence-corrected chi connectivity index (χ2v) is 5.88. The maximum atomic E-state index is 12.7. The van der Waals surface area contributed by atoms with Gasteiger partial charge in [-0.15, -0.1) is 0 Å². The monoisotopic (exact) mass is 377 g/mol. The third-order valence-electron chi connectivity index (χ3n) is 3.72. The number of carbonyl (C=O) groups is 2. The molecular weight excluding hydrogens is 359 g/mol. The fourth-order valence-corrected chi connectivity index (χ4v) is 2.35. The van der Waals surface area contributed by atoms with E-state index in [4.69, 9.17) is 4.74 Å². The van der Waals surface area contributed by atoms with Crippen molar-refractivity contribution in [2.45, 2.75) is 20.0 Å². The molecule has 1 N–H and O–H groups in total. The normalized spacial score (nSPS) is 11.4. The molecule has 4 nitrogen and oxygen atoms in total. The van der Waals surface area contributed by atoms with Crippen LogP contribution in [0.5, 0.6) is 0 Å². The Labute approximate surface area is 154 Å². The molecule has 7 heteroatoms. The lowest BCUT2D eigenvalue weighted by molar-refractivity contribution is -0.142. The summed E-state index contributed by atoms with van der Waals surface area (Å²) >= 11 is 0. The highest BCUT2D eigenvalue weighted by Crippen LogP contribution is 2.29. The number of rotatable bonds is 5. The van der Waals surface area contributed by atoms with E-state index < -0.39 is 30.2 Å². The van der Waals surface area contributed by atoms with Crippen LogP contribution in [0.1, 0.15) is 22.3 Å². The summed E-state index contributed by atoms with van der Waals surface area (Å²) in [6.45, 7) is 3.18. The lowest BCUT2D eigenvalue weighted by Gasteiger charge is -2.11. The van der Waals surface area contributed by atoms with Crippen molar-refractivity contribution >= 4 is 23.6 Å². The fraction of sp³-hybridized carbons (Fsp3) is 0.200. The summed E-state index contributed by atoms with van der Waals surface area (Å²) in [6, 6.07) is 10.1. The molecule has 0 atom stereocenters. The minimum atomic E-state index is -4.46. The largest absolute Gasteiger partial charge is 0.452 e. The molecule has 2 aromatic rings. The third-order valence-corrected chi connectivity index (χ3v) is 3.72. The molecule has 0 aliphatic heterocycles. The highest BCUT2D eigenvalue weighted by molar-refractivity contribution is 5.95. The molecule has 27 heavy (non-hydrogen) atoms. The molecule has 1 amide bonds. The first-order chi connectivity index (χ1) is 12.7. The van der Waals surface area contributed by atoms with Crippen molar-refractivity contribution in [2.75, 3.05) is 11.9 Å². The molecular formula is C20H18F3NO3. The predicted octanol–water partition coefficient (Wildman–Crippen LogP) is 4.52. The Morgan fingerprint density at radius 3 is 2.33 bits per heavy atom. The van der Waals surface area contributed by atoms with E-state index in [1.54, 1.807) is 0 Å². The van der Waals surface area contributed by atoms with Gasteiger partial charge in [0.1, 0.15) is 0 Å². The Balaban J connectivity index is 1.91. The van der Waals surface area contributed by atoms with Gasteiger partial charge in [0, 0.05) is 11.8 Å². The van der Waals surface area contributed by atoms with E-state index in [0.29, 0.717) is 5.69 Å². The van der Waals surface area contributed by atoms with E-state index in [1.807, 2.05) is 32.0 Å². The van der Waals surface area contributed by atoms with Crippen molar-refractivity contribution in [1.29, 1.82) is 0 Å². The summed E-state index contributed by atoms with van der Waals surface area (Å²) in [5.41, 5.74) is 1.78. The first kappa shape index (κ1) is 20.2. The minimum Gasteiger partial charge on any atom is -0.452 e. The average Bonchev–Trinajstić information content (AvgIpc) is 2.61. The number of ether oxygens (including phenoxy) is 1. The van der Waals surface area contributed by atoms with Crippen molar-refractivity contribution in [2.24, 2.45) is 0 Å². The van der Waals surface area contributed by atoms with E-state index in [2.05, 4.69) is 5.32 Å². The van der Waals surface area contributed by atoms with Crippen LogP contribution >= 0.6 is 0 Å². The summed E-state index contributed by atoms with van der Waals surface area (Å²) in [5, 5.41) is 2.67. The Morgan fingerprint density at radius 2 is 1.70 bits per heavy atom. The summed E-state index contributed by atoms with van der Waals surface area (Å²) in [7, 11) is 0. The number of anilines is 1. The van der Waals surface area contributed by atoms with E-state index in [9.17, 15) is 22.8 Å². The number of carbonyl (C=O) groups excluding carboxylic acids is 2. The summed E-state index contributed by atoms with van der Waals surface area (Å²) in [4.78, 5) is 23.6. The predicted molar refractivity (Wildman–Crippen MR) is 96.0 cm³/mol. The van der Waals surface area contributed by atoms with Crippen molar-refractivity contribution < 1.29 is 27.5 Å². The second kappa shape index (κ2) is 8.53. The van der Waals surface area contributed by atoms with Crippen LogP contribution in [0, 0.1) is 13.8 Å².